The second-order valence-corrected chi connectivity index (χ2v) is 11.3. The molecule has 208 valence electrons. The molecule has 2 heterocycles. The zero-order valence-corrected chi connectivity index (χ0v) is 22.7. The number of nitrogens with one attached hydrogen (secondary N) is 2. The van der Waals surface area contributed by atoms with E-state index in [0.717, 1.165) is 32.1 Å². The summed E-state index contributed by atoms with van der Waals surface area (Å²) in [6.45, 7) is 2.70. The number of hydrogen-bond donors (Lipinski definition) is 2. The minimum Gasteiger partial charge on any atom is -0.461 e. The lowest BCUT2D eigenvalue weighted by Gasteiger charge is -2.26. The minimum atomic E-state index is -4.16. The average molecular weight is 572 g/mol. The number of halogens is 1. The fourth-order valence-electron chi connectivity index (χ4n) is 4.10. The van der Waals surface area contributed by atoms with Crippen molar-refractivity contribution in [2.24, 2.45) is 0 Å². The molecule has 0 bridgehead atoms. The summed E-state index contributed by atoms with van der Waals surface area (Å²) in [5.41, 5.74) is -0.820. The van der Waals surface area contributed by atoms with Crippen molar-refractivity contribution in [3.63, 3.8) is 0 Å². The van der Waals surface area contributed by atoms with Crippen molar-refractivity contribution >= 4 is 25.3 Å². The third-order valence-electron chi connectivity index (χ3n) is 6.15. The summed E-state index contributed by atoms with van der Waals surface area (Å²) in [4.78, 5) is 38.7. The molecule has 2 aromatic rings. The quantitative estimate of drug-likeness (QED) is 0.321. The van der Waals surface area contributed by atoms with Gasteiger partial charge < -0.3 is 18.7 Å². The van der Waals surface area contributed by atoms with Crippen molar-refractivity contribution in [1.29, 1.82) is 0 Å². The number of rotatable bonds is 10. The predicted octanol–water partition coefficient (Wildman–Crippen LogP) is 3.43. The number of aromatic amines is 1. The van der Waals surface area contributed by atoms with Crippen molar-refractivity contribution in [1.82, 2.24) is 14.6 Å². The van der Waals surface area contributed by atoms with Gasteiger partial charge in [0.15, 0.2) is 12.5 Å². The van der Waals surface area contributed by atoms with Gasteiger partial charge in [-0.1, -0.05) is 18.0 Å². The fourth-order valence-corrected chi connectivity index (χ4v) is 5.70. The molecule has 1 aromatic carbocycles. The maximum atomic E-state index is 13.7. The summed E-state index contributed by atoms with van der Waals surface area (Å²) in [5, 5.41) is 3.09. The number of H-pyrrole nitrogens is 1. The molecule has 1 aromatic heterocycles. The maximum Gasteiger partial charge on any atom is 0.459 e. The largest absolute Gasteiger partial charge is 0.461 e. The van der Waals surface area contributed by atoms with Crippen LogP contribution in [0.15, 0.2) is 40.1 Å². The van der Waals surface area contributed by atoms with Crippen LogP contribution in [0.5, 0.6) is 5.75 Å². The van der Waals surface area contributed by atoms with Gasteiger partial charge in [-0.3, -0.25) is 23.7 Å². The predicted molar refractivity (Wildman–Crippen MR) is 137 cm³/mol. The Bertz CT molecular complexity index is 1280. The zero-order chi connectivity index (χ0) is 27.3. The van der Waals surface area contributed by atoms with E-state index in [9.17, 15) is 18.9 Å². The minimum absolute atomic E-state index is 0.0146. The van der Waals surface area contributed by atoms with Crippen LogP contribution >= 0.6 is 19.3 Å². The molecule has 1 saturated carbocycles. The van der Waals surface area contributed by atoms with Crippen molar-refractivity contribution in [3.05, 3.63) is 61.9 Å². The Balaban J connectivity index is 1.41. The van der Waals surface area contributed by atoms with Crippen LogP contribution in [0.2, 0.25) is 5.02 Å². The lowest BCUT2D eigenvalue weighted by Crippen LogP contribution is -2.38. The molecule has 0 spiro atoms. The first-order chi connectivity index (χ1) is 18.1. The molecular weight excluding hydrogens is 541 g/mol. The molecule has 4 rings (SSSR count). The third-order valence-corrected chi connectivity index (χ3v) is 8.05. The number of aryl methyl sites for hydroxylation is 1. The van der Waals surface area contributed by atoms with Gasteiger partial charge in [-0.25, -0.2) is 9.36 Å². The molecule has 1 unspecified atom stereocenters. The van der Waals surface area contributed by atoms with Crippen molar-refractivity contribution in [2.45, 2.75) is 70.6 Å². The lowest BCUT2D eigenvalue weighted by atomic mass is 9.98. The van der Waals surface area contributed by atoms with E-state index < -0.39 is 43.5 Å². The molecule has 0 amide bonds. The number of aromatic nitrogens is 2. The van der Waals surface area contributed by atoms with E-state index in [4.69, 9.17) is 34.9 Å². The summed E-state index contributed by atoms with van der Waals surface area (Å²) in [5.74, 6) is -0.374. The summed E-state index contributed by atoms with van der Waals surface area (Å²) in [6, 6.07) is 5.12. The van der Waals surface area contributed by atoms with E-state index in [1.807, 2.05) is 0 Å². The van der Waals surface area contributed by atoms with Gasteiger partial charge in [-0.05, 0) is 63.8 Å². The standard InChI is InChI=1S/C24H31ClN3O9P/c1-15-12-28(24(31)26-22(15)29)20-13-33-21(36-20)14-34-38(32,37-19-10-8-17(25)9-11-19)27-16(2)23(30)35-18-6-4-3-5-7-18/h8-12,16,18,20-21H,3-7,13-14H2,1-2H3,(H,27,32)(H,26,29,31)/t16-,20+,21+,38?/m0/s1. The second kappa shape index (κ2) is 12.6. The second-order valence-electron chi connectivity index (χ2n) is 9.22. The maximum absolute atomic E-state index is 13.7. The van der Waals surface area contributed by atoms with Crippen LogP contribution in [0.25, 0.3) is 0 Å². The number of hydrogen-bond acceptors (Lipinski definition) is 9. The highest BCUT2D eigenvalue weighted by Gasteiger charge is 2.36. The normalized spacial score (nSPS) is 22.5. The highest BCUT2D eigenvalue weighted by atomic mass is 35.5. The van der Waals surface area contributed by atoms with Gasteiger partial charge in [0, 0.05) is 16.8 Å². The Morgan fingerprint density at radius 3 is 2.66 bits per heavy atom. The molecule has 1 aliphatic carbocycles. The van der Waals surface area contributed by atoms with Gasteiger partial charge in [-0.15, -0.1) is 0 Å². The van der Waals surface area contributed by atoms with Gasteiger partial charge in [-0.2, -0.15) is 5.09 Å². The summed E-state index contributed by atoms with van der Waals surface area (Å²) < 4.78 is 43.0. The van der Waals surface area contributed by atoms with Crippen LogP contribution < -0.4 is 20.9 Å². The van der Waals surface area contributed by atoms with Crippen molar-refractivity contribution in [3.8, 4) is 5.75 Å². The number of esters is 1. The van der Waals surface area contributed by atoms with Crippen LogP contribution in [0.4, 0.5) is 0 Å². The fraction of sp³-hybridized carbons (Fsp3) is 0.542. The molecule has 1 saturated heterocycles. The van der Waals surface area contributed by atoms with Crippen molar-refractivity contribution < 1.29 is 32.6 Å². The van der Waals surface area contributed by atoms with Gasteiger partial charge >= 0.3 is 19.4 Å². The molecule has 4 atom stereocenters. The molecule has 38 heavy (non-hydrogen) atoms. The van der Waals surface area contributed by atoms with Gasteiger partial charge in [0.05, 0.1) is 6.61 Å². The SMILES string of the molecule is Cc1cn([C@H]2CO[C@@H](COP(=O)(N[C@@H](C)C(=O)OC3CCCCC3)Oc3ccc(Cl)cc3)O2)c(=O)[nH]c1=O. The Kier molecular flexibility index (Phi) is 9.45. The van der Waals surface area contributed by atoms with Crippen LogP contribution in [0.3, 0.4) is 0 Å². The average Bonchev–Trinajstić information content (AvgIpc) is 3.36. The molecule has 2 fully saturated rings. The van der Waals surface area contributed by atoms with Crippen LogP contribution in [0.1, 0.15) is 50.8 Å². The topological polar surface area (TPSA) is 147 Å². The van der Waals surface area contributed by atoms with Gasteiger partial charge in [0.25, 0.3) is 5.56 Å². The molecule has 2 N–H and O–H groups in total. The van der Waals surface area contributed by atoms with E-state index in [1.54, 1.807) is 19.1 Å². The molecule has 0 radical (unpaired) electrons. The first kappa shape index (κ1) is 28.5. The van der Waals surface area contributed by atoms with Gasteiger partial charge in [0.2, 0.25) is 0 Å². The van der Waals surface area contributed by atoms with Crippen molar-refractivity contribution in [2.75, 3.05) is 13.2 Å². The number of carbonyl (C=O) groups excluding carboxylic acids is 1. The summed E-state index contributed by atoms with van der Waals surface area (Å²) >= 11 is 5.93. The highest BCUT2D eigenvalue weighted by molar-refractivity contribution is 7.52. The van der Waals surface area contributed by atoms with E-state index in [-0.39, 0.29) is 25.1 Å². The Labute approximate surface area is 224 Å². The van der Waals surface area contributed by atoms with E-state index in [1.165, 1.54) is 29.8 Å². The zero-order valence-electron chi connectivity index (χ0n) is 21.1. The Morgan fingerprint density at radius 2 is 1.95 bits per heavy atom. The molecule has 12 nitrogen and oxygen atoms in total. The summed E-state index contributed by atoms with van der Waals surface area (Å²) in [6.07, 6.45) is 4.05. The Morgan fingerprint density at radius 1 is 1.24 bits per heavy atom. The van der Waals surface area contributed by atoms with E-state index in [0.29, 0.717) is 10.6 Å². The first-order valence-corrected chi connectivity index (χ1v) is 14.3. The van der Waals surface area contributed by atoms with Crippen LogP contribution in [-0.4, -0.2) is 47.2 Å². The third kappa shape index (κ3) is 7.56. The van der Waals surface area contributed by atoms with Crippen LogP contribution in [0, 0.1) is 6.92 Å². The molecular formula is C24H31ClN3O9P. The molecule has 2 aliphatic rings. The first-order valence-electron chi connectivity index (χ1n) is 12.4. The van der Waals surface area contributed by atoms with E-state index in [2.05, 4.69) is 10.1 Å². The monoisotopic (exact) mass is 571 g/mol. The number of carbonyl (C=O) groups is 1. The molecule has 14 heteroatoms. The number of nitrogens with zero attached hydrogens (tertiary/aromatic N) is 1. The summed E-state index contributed by atoms with van der Waals surface area (Å²) in [7, 11) is -4.16. The highest BCUT2D eigenvalue weighted by Crippen LogP contribution is 2.45. The number of benzene rings is 1. The van der Waals surface area contributed by atoms with Crippen LogP contribution in [-0.2, 0) is 28.1 Å². The lowest BCUT2D eigenvalue weighted by molar-refractivity contribution is -0.152. The van der Waals surface area contributed by atoms with E-state index >= 15 is 0 Å². The Hall–Kier alpha value is -2.47. The smallest absolute Gasteiger partial charge is 0.459 e. The van der Waals surface area contributed by atoms with Gasteiger partial charge in [0.1, 0.15) is 24.5 Å². The number of ether oxygens (including phenoxy) is 3. The molecule has 1 aliphatic heterocycles.